The Morgan fingerprint density at radius 1 is 1.50 bits per heavy atom. The molecule has 2 aliphatic rings. The van der Waals surface area contributed by atoms with Gasteiger partial charge in [-0.25, -0.2) is 0 Å². The summed E-state index contributed by atoms with van der Waals surface area (Å²) in [5.74, 6) is 0.509. The molecular weight excluding hydrogens is 230 g/mol. The number of piperidine rings is 1. The molecule has 5 heteroatoms. The van der Waals surface area contributed by atoms with Gasteiger partial charge >= 0.3 is 5.69 Å². The van der Waals surface area contributed by atoms with Crippen LogP contribution in [0.5, 0.6) is 5.75 Å². The van der Waals surface area contributed by atoms with Crippen molar-refractivity contribution >= 4 is 11.4 Å². The molecule has 18 heavy (non-hydrogen) atoms. The fourth-order valence-electron chi connectivity index (χ4n) is 3.02. The van der Waals surface area contributed by atoms with Crippen LogP contribution in [0.1, 0.15) is 24.3 Å². The van der Waals surface area contributed by atoms with Crippen LogP contribution < -0.4 is 5.32 Å². The number of nitrogens with one attached hydrogen (secondary N) is 1. The fraction of sp³-hybridized carbons (Fsp3) is 0.538. The lowest BCUT2D eigenvalue weighted by atomic mass is 9.89. The number of aromatic hydroxyl groups is 1. The molecule has 3 rings (SSSR count). The summed E-state index contributed by atoms with van der Waals surface area (Å²) in [5, 5.41) is 12.9. The summed E-state index contributed by atoms with van der Waals surface area (Å²) < 4.78 is 0.820. The third kappa shape index (κ3) is 1.75. The van der Waals surface area contributed by atoms with Crippen LogP contribution in [0.4, 0.5) is 11.4 Å². The van der Waals surface area contributed by atoms with Crippen molar-refractivity contribution in [1.82, 2.24) is 4.90 Å². The molecule has 0 radical (unpaired) electrons. The average molecular weight is 248 g/mol. The van der Waals surface area contributed by atoms with Crippen molar-refractivity contribution in [2.75, 3.05) is 32.1 Å². The first-order valence-corrected chi connectivity index (χ1v) is 6.40. The van der Waals surface area contributed by atoms with E-state index in [-0.39, 0.29) is 12.4 Å². The predicted octanol–water partition coefficient (Wildman–Crippen LogP) is 1.99. The summed E-state index contributed by atoms with van der Waals surface area (Å²) in [7, 11) is 2.13. The zero-order valence-corrected chi connectivity index (χ0v) is 10.5. The Morgan fingerprint density at radius 3 is 3.11 bits per heavy atom. The summed E-state index contributed by atoms with van der Waals surface area (Å²) in [5.41, 5.74) is 2.39. The topological polar surface area (TPSA) is 55.6 Å². The van der Waals surface area contributed by atoms with Crippen molar-refractivity contribution in [1.29, 1.82) is 0 Å². The van der Waals surface area contributed by atoms with Gasteiger partial charge in [-0.1, -0.05) is 6.07 Å². The van der Waals surface area contributed by atoms with Gasteiger partial charge in [-0.15, -0.1) is 0 Å². The van der Waals surface area contributed by atoms with Gasteiger partial charge in [0.1, 0.15) is 5.69 Å². The molecule has 1 saturated heterocycles. The van der Waals surface area contributed by atoms with Crippen LogP contribution in [0.2, 0.25) is 0 Å². The van der Waals surface area contributed by atoms with Crippen LogP contribution >= 0.6 is 0 Å². The van der Waals surface area contributed by atoms with E-state index >= 15 is 0 Å². The third-order valence-electron chi connectivity index (χ3n) is 3.90. The zero-order chi connectivity index (χ0) is 12.7. The molecular formula is C13H18N3O2+. The monoisotopic (exact) mass is 248 g/mol. The molecule has 1 unspecified atom stereocenters. The smallest absolute Gasteiger partial charge is 0.323 e. The summed E-state index contributed by atoms with van der Waals surface area (Å²) in [4.78, 5) is 14.0. The number of nitrogens with zero attached hydrogens (tertiary/aromatic N) is 2. The van der Waals surface area contributed by atoms with Crippen LogP contribution in [-0.2, 0) is 0 Å². The van der Waals surface area contributed by atoms with E-state index in [1.54, 1.807) is 6.07 Å². The molecule has 0 aromatic heterocycles. The van der Waals surface area contributed by atoms with Gasteiger partial charge in [0.15, 0.2) is 5.75 Å². The minimum Gasteiger partial charge on any atom is -0.502 e. The molecule has 0 bridgehead atoms. The second-order valence-electron chi connectivity index (χ2n) is 5.21. The maximum atomic E-state index is 11.7. The van der Waals surface area contributed by atoms with Crippen LogP contribution in [-0.4, -0.2) is 41.6 Å². The Kier molecular flexibility index (Phi) is 2.70. The van der Waals surface area contributed by atoms with Crippen molar-refractivity contribution in [3.05, 3.63) is 22.6 Å². The zero-order valence-electron chi connectivity index (χ0n) is 10.5. The van der Waals surface area contributed by atoms with Crippen molar-refractivity contribution in [2.45, 2.75) is 18.8 Å². The highest BCUT2D eigenvalue weighted by Gasteiger charge is 2.35. The Hall–Kier alpha value is -1.62. The molecule has 1 aromatic rings. The molecule has 2 heterocycles. The number of likely N-dealkylation sites (tertiary alicyclic amines) is 1. The van der Waals surface area contributed by atoms with Crippen LogP contribution in [0.3, 0.4) is 0 Å². The molecule has 1 aromatic carbocycles. The quantitative estimate of drug-likeness (QED) is 0.746. The SMILES string of the molecule is CN1CCCC(c2ccc(O)c3c2NC[N+]3=O)C1. The van der Waals surface area contributed by atoms with Gasteiger partial charge in [-0.05, 0) is 44.0 Å². The first-order valence-electron chi connectivity index (χ1n) is 6.40. The van der Waals surface area contributed by atoms with Gasteiger partial charge in [0.05, 0.1) is 4.76 Å². The second-order valence-corrected chi connectivity index (χ2v) is 5.21. The second kappa shape index (κ2) is 4.24. The van der Waals surface area contributed by atoms with Crippen LogP contribution in [0.25, 0.3) is 0 Å². The first kappa shape index (κ1) is 11.5. The average Bonchev–Trinajstić information content (AvgIpc) is 2.73. The maximum absolute atomic E-state index is 11.7. The standard InChI is InChI=1S/C13H17N3O2/c1-15-6-2-3-9(7-15)10-4-5-11(17)13-12(10)14-8-16(13)18/h4-5,9H,2-3,6-8H2,1H3,(H-,14,17,18)/p+1. The normalized spacial score (nSPS) is 23.8. The first-order chi connectivity index (χ1) is 8.66. The van der Waals surface area contributed by atoms with Gasteiger partial charge in [0, 0.05) is 11.5 Å². The van der Waals surface area contributed by atoms with Gasteiger partial charge in [-0.2, -0.15) is 0 Å². The number of fused-ring (bicyclic) bond motifs is 1. The van der Waals surface area contributed by atoms with Gasteiger partial charge < -0.3 is 15.3 Å². The van der Waals surface area contributed by atoms with Crippen molar-refractivity contribution in [3.8, 4) is 5.75 Å². The van der Waals surface area contributed by atoms with Gasteiger partial charge in [0.2, 0.25) is 0 Å². The van der Waals surface area contributed by atoms with Crippen molar-refractivity contribution in [3.63, 3.8) is 0 Å². The number of anilines is 1. The number of phenolic OH excluding ortho intramolecular Hbond substituents is 1. The van der Waals surface area contributed by atoms with E-state index in [1.165, 1.54) is 6.42 Å². The lowest BCUT2D eigenvalue weighted by molar-refractivity contribution is -0.448. The minimum absolute atomic E-state index is 0.0675. The minimum atomic E-state index is 0.0675. The Balaban J connectivity index is 2.01. The predicted molar refractivity (Wildman–Crippen MR) is 69.4 cm³/mol. The molecule has 0 amide bonds. The maximum Gasteiger partial charge on any atom is 0.323 e. The lowest BCUT2D eigenvalue weighted by Gasteiger charge is -2.30. The van der Waals surface area contributed by atoms with E-state index in [9.17, 15) is 10.0 Å². The van der Waals surface area contributed by atoms with E-state index in [0.29, 0.717) is 11.6 Å². The van der Waals surface area contributed by atoms with E-state index < -0.39 is 0 Å². The number of nitroso groups, excluding NO2 is 1. The highest BCUT2D eigenvalue weighted by molar-refractivity contribution is 5.74. The van der Waals surface area contributed by atoms with Crippen LogP contribution in [0.15, 0.2) is 12.1 Å². The highest BCUT2D eigenvalue weighted by Crippen LogP contribution is 2.44. The molecule has 96 valence electrons. The van der Waals surface area contributed by atoms with Crippen LogP contribution in [0, 0.1) is 4.91 Å². The molecule has 2 N–H and O–H groups in total. The Morgan fingerprint density at radius 2 is 2.33 bits per heavy atom. The number of likely N-dealkylation sites (N-methyl/N-ethyl adjacent to an activating group) is 1. The number of benzene rings is 1. The van der Waals surface area contributed by atoms with E-state index in [2.05, 4.69) is 17.3 Å². The van der Waals surface area contributed by atoms with E-state index in [0.717, 1.165) is 35.5 Å². The summed E-state index contributed by atoms with van der Waals surface area (Å²) in [6, 6.07) is 3.59. The van der Waals surface area contributed by atoms with Crippen molar-refractivity contribution < 1.29 is 9.87 Å². The van der Waals surface area contributed by atoms with E-state index in [1.807, 2.05) is 6.07 Å². The van der Waals surface area contributed by atoms with Gasteiger partial charge in [-0.3, -0.25) is 0 Å². The number of hydrogen-bond acceptors (Lipinski definition) is 4. The Bertz CT molecular complexity index is 501. The summed E-state index contributed by atoms with van der Waals surface area (Å²) >= 11 is 0. The number of hydrogen-bond donors (Lipinski definition) is 2. The summed E-state index contributed by atoms with van der Waals surface area (Å²) in [6.45, 7) is 2.37. The molecule has 0 saturated carbocycles. The molecule has 2 aliphatic heterocycles. The number of phenols is 1. The highest BCUT2D eigenvalue weighted by atomic mass is 16.3. The summed E-state index contributed by atoms with van der Waals surface area (Å²) in [6.07, 6.45) is 2.32. The molecule has 0 aliphatic carbocycles. The lowest BCUT2D eigenvalue weighted by Crippen LogP contribution is -2.31. The fourth-order valence-corrected chi connectivity index (χ4v) is 3.02. The van der Waals surface area contributed by atoms with Gasteiger partial charge in [0.25, 0.3) is 6.67 Å². The molecule has 0 spiro atoms. The van der Waals surface area contributed by atoms with E-state index in [4.69, 9.17) is 0 Å². The Labute approximate surface area is 106 Å². The third-order valence-corrected chi connectivity index (χ3v) is 3.90. The molecule has 1 fully saturated rings. The number of rotatable bonds is 1. The molecule has 1 atom stereocenters. The largest absolute Gasteiger partial charge is 0.502 e. The van der Waals surface area contributed by atoms with Crippen molar-refractivity contribution in [2.24, 2.45) is 0 Å². The molecule has 5 nitrogen and oxygen atoms in total.